The van der Waals surface area contributed by atoms with Gasteiger partial charge in [0.2, 0.25) is 0 Å². The lowest BCUT2D eigenvalue weighted by atomic mass is 9.94. The minimum absolute atomic E-state index is 0.207. The number of hydrogen-bond acceptors (Lipinski definition) is 5. The van der Waals surface area contributed by atoms with Crippen LogP contribution in [-0.4, -0.2) is 32.8 Å². The van der Waals surface area contributed by atoms with Gasteiger partial charge in [0.15, 0.2) is 5.69 Å². The Labute approximate surface area is 163 Å². The molecule has 4 rings (SSSR count). The van der Waals surface area contributed by atoms with Gasteiger partial charge in [-0.2, -0.15) is 0 Å². The third-order valence-corrected chi connectivity index (χ3v) is 4.62. The normalized spacial score (nSPS) is 17.7. The quantitative estimate of drug-likeness (QED) is 0.614. The first-order valence-electron chi connectivity index (χ1n) is 8.95. The van der Waals surface area contributed by atoms with E-state index in [1.165, 1.54) is 0 Å². The molecule has 0 spiro atoms. The van der Waals surface area contributed by atoms with E-state index >= 15 is 0 Å². The summed E-state index contributed by atoms with van der Waals surface area (Å²) in [4.78, 5) is 26.0. The van der Waals surface area contributed by atoms with Crippen LogP contribution in [0.15, 0.2) is 65.1 Å². The van der Waals surface area contributed by atoms with E-state index in [-0.39, 0.29) is 18.3 Å². The molecule has 0 saturated carbocycles. The molecular formula is C22H18N4O2. The lowest BCUT2D eigenvalue weighted by molar-refractivity contribution is 0.0519. The number of rotatable bonds is 3. The number of allylic oxidation sites excluding steroid dienone is 5. The van der Waals surface area contributed by atoms with E-state index in [1.54, 1.807) is 19.4 Å². The van der Waals surface area contributed by atoms with Gasteiger partial charge in [0.05, 0.1) is 41.8 Å². The van der Waals surface area contributed by atoms with Crippen LogP contribution in [0.4, 0.5) is 0 Å². The molecule has 0 aromatic carbocycles. The van der Waals surface area contributed by atoms with Crippen LogP contribution in [0.2, 0.25) is 0 Å². The van der Waals surface area contributed by atoms with E-state index in [0.717, 1.165) is 22.5 Å². The highest BCUT2D eigenvalue weighted by Crippen LogP contribution is 2.37. The van der Waals surface area contributed by atoms with Crippen molar-refractivity contribution in [1.82, 2.24) is 14.5 Å². The summed E-state index contributed by atoms with van der Waals surface area (Å²) in [5.74, 6) is 2.21. The summed E-state index contributed by atoms with van der Waals surface area (Å²) < 4.78 is 7.10. The van der Waals surface area contributed by atoms with Gasteiger partial charge in [0, 0.05) is 17.3 Å². The molecule has 6 nitrogen and oxygen atoms in total. The van der Waals surface area contributed by atoms with Crippen molar-refractivity contribution < 1.29 is 9.53 Å². The minimum Gasteiger partial charge on any atom is -0.461 e. The molecule has 0 radical (unpaired) electrons. The number of imidazole rings is 1. The second kappa shape index (κ2) is 7.12. The SMILES string of the molecule is C#CC1=CC2=C(c3ccccn3)N=C(C)c3c(C(=O)OCC)ncn3C2C=C1. The molecule has 1 unspecified atom stereocenters. The molecule has 0 saturated heterocycles. The van der Waals surface area contributed by atoms with E-state index < -0.39 is 5.97 Å². The summed E-state index contributed by atoms with van der Waals surface area (Å²) in [5, 5.41) is 0. The summed E-state index contributed by atoms with van der Waals surface area (Å²) >= 11 is 0. The van der Waals surface area contributed by atoms with E-state index in [4.69, 9.17) is 16.2 Å². The fourth-order valence-electron chi connectivity index (χ4n) is 3.41. The zero-order valence-electron chi connectivity index (χ0n) is 15.6. The standard InChI is InChI=1S/C22H18N4O2/c1-4-15-9-10-18-16(12-15)19(17-8-6-7-11-23-17)25-14(3)21-20(22(27)28-5-2)24-13-26(18)21/h1,6-13,18H,5H2,2-3H3. The van der Waals surface area contributed by atoms with Gasteiger partial charge in [-0.3, -0.25) is 4.98 Å². The highest BCUT2D eigenvalue weighted by molar-refractivity contribution is 6.08. The van der Waals surface area contributed by atoms with Gasteiger partial charge in [0.1, 0.15) is 0 Å². The molecule has 28 heavy (non-hydrogen) atoms. The fraction of sp³-hybridized carbons (Fsp3) is 0.182. The van der Waals surface area contributed by atoms with Gasteiger partial charge >= 0.3 is 5.97 Å². The number of carbonyl (C=O) groups is 1. The lowest BCUT2D eigenvalue weighted by Crippen LogP contribution is -2.17. The minimum atomic E-state index is -0.465. The molecule has 6 heteroatoms. The smallest absolute Gasteiger partial charge is 0.359 e. The summed E-state index contributed by atoms with van der Waals surface area (Å²) in [7, 11) is 0. The molecule has 2 aromatic heterocycles. The van der Waals surface area contributed by atoms with E-state index in [2.05, 4.69) is 15.9 Å². The fourth-order valence-corrected chi connectivity index (χ4v) is 3.41. The number of hydrogen-bond donors (Lipinski definition) is 0. The predicted octanol–water partition coefficient (Wildman–Crippen LogP) is 3.36. The van der Waals surface area contributed by atoms with Gasteiger partial charge in [-0.1, -0.05) is 18.1 Å². The van der Waals surface area contributed by atoms with Crippen LogP contribution in [0, 0.1) is 12.3 Å². The molecule has 1 aliphatic carbocycles. The van der Waals surface area contributed by atoms with Gasteiger partial charge in [0.25, 0.3) is 0 Å². The predicted molar refractivity (Wildman–Crippen MR) is 107 cm³/mol. The summed E-state index contributed by atoms with van der Waals surface area (Å²) in [6.45, 7) is 3.90. The van der Waals surface area contributed by atoms with Crippen molar-refractivity contribution >= 4 is 17.4 Å². The topological polar surface area (TPSA) is 69.4 Å². The van der Waals surface area contributed by atoms with Crippen molar-refractivity contribution in [2.75, 3.05) is 6.61 Å². The monoisotopic (exact) mass is 370 g/mol. The molecule has 0 N–H and O–H groups in total. The van der Waals surface area contributed by atoms with Crippen molar-refractivity contribution in [3.05, 3.63) is 77.2 Å². The molecule has 1 aliphatic heterocycles. The average molecular weight is 370 g/mol. The van der Waals surface area contributed by atoms with Gasteiger partial charge < -0.3 is 9.30 Å². The van der Waals surface area contributed by atoms with Gasteiger partial charge in [-0.25, -0.2) is 14.8 Å². The Morgan fingerprint density at radius 3 is 2.93 bits per heavy atom. The van der Waals surface area contributed by atoms with Crippen molar-refractivity contribution in [1.29, 1.82) is 0 Å². The van der Waals surface area contributed by atoms with Crippen molar-refractivity contribution in [3.63, 3.8) is 0 Å². The summed E-state index contributed by atoms with van der Waals surface area (Å²) in [5.41, 5.74) is 4.66. The molecule has 3 heterocycles. The number of aliphatic imine (C=N–C) groups is 1. The third kappa shape index (κ3) is 2.87. The maximum absolute atomic E-state index is 12.4. The number of esters is 1. The zero-order chi connectivity index (χ0) is 19.7. The average Bonchev–Trinajstić information content (AvgIpc) is 3.13. The molecule has 0 fully saturated rings. The summed E-state index contributed by atoms with van der Waals surface area (Å²) in [6.07, 6.45) is 14.8. The van der Waals surface area contributed by atoms with E-state index in [1.807, 2.05) is 47.9 Å². The Bertz CT molecular complexity index is 1110. The highest BCUT2D eigenvalue weighted by Gasteiger charge is 2.31. The zero-order valence-corrected chi connectivity index (χ0v) is 15.6. The number of ether oxygens (including phenoxy) is 1. The molecule has 2 aliphatic rings. The Morgan fingerprint density at radius 2 is 2.21 bits per heavy atom. The number of terminal acetylenes is 1. The number of nitrogens with zero attached hydrogens (tertiary/aromatic N) is 4. The van der Waals surface area contributed by atoms with Gasteiger partial charge in [-0.15, -0.1) is 6.42 Å². The number of fused-ring (bicyclic) bond motifs is 3. The van der Waals surface area contributed by atoms with Crippen LogP contribution in [0.3, 0.4) is 0 Å². The maximum Gasteiger partial charge on any atom is 0.359 e. The second-order valence-electron chi connectivity index (χ2n) is 6.33. The Kier molecular flexibility index (Phi) is 4.50. The number of aromatic nitrogens is 3. The molecule has 1 atom stereocenters. The van der Waals surface area contributed by atoms with E-state index in [9.17, 15) is 4.79 Å². The van der Waals surface area contributed by atoms with Crippen LogP contribution in [0.25, 0.3) is 5.70 Å². The van der Waals surface area contributed by atoms with Gasteiger partial charge in [-0.05, 0) is 38.1 Å². The van der Waals surface area contributed by atoms with Crippen LogP contribution >= 0.6 is 0 Å². The number of carbonyl (C=O) groups excluding carboxylic acids is 1. The first-order chi connectivity index (χ1) is 13.6. The maximum atomic E-state index is 12.4. The van der Waals surface area contributed by atoms with E-state index in [0.29, 0.717) is 11.4 Å². The largest absolute Gasteiger partial charge is 0.461 e. The Hall–Kier alpha value is -3.72. The first kappa shape index (κ1) is 17.7. The lowest BCUT2D eigenvalue weighted by Gasteiger charge is -2.21. The third-order valence-electron chi connectivity index (χ3n) is 4.62. The Morgan fingerprint density at radius 1 is 1.36 bits per heavy atom. The molecule has 2 aromatic rings. The van der Waals surface area contributed by atoms with Crippen LogP contribution < -0.4 is 0 Å². The van der Waals surface area contributed by atoms with Crippen molar-refractivity contribution in [3.8, 4) is 12.3 Å². The molecule has 138 valence electrons. The van der Waals surface area contributed by atoms with Crippen molar-refractivity contribution in [2.45, 2.75) is 19.9 Å². The molecular weight excluding hydrogens is 352 g/mol. The van der Waals surface area contributed by atoms with Crippen LogP contribution in [0.5, 0.6) is 0 Å². The molecule has 0 amide bonds. The summed E-state index contributed by atoms with van der Waals surface area (Å²) in [6, 6.07) is 5.47. The van der Waals surface area contributed by atoms with Crippen molar-refractivity contribution in [2.24, 2.45) is 4.99 Å². The first-order valence-corrected chi connectivity index (χ1v) is 8.95. The highest BCUT2D eigenvalue weighted by atomic mass is 16.5. The Balaban J connectivity index is 1.96. The van der Waals surface area contributed by atoms with Crippen LogP contribution in [0.1, 0.15) is 41.8 Å². The molecule has 0 bridgehead atoms. The second-order valence-corrected chi connectivity index (χ2v) is 6.33. The number of pyridine rings is 1. The van der Waals surface area contributed by atoms with Crippen LogP contribution in [-0.2, 0) is 4.74 Å².